The average Bonchev–Trinajstić information content (AvgIpc) is 3.62. The molecule has 1 aromatic carbocycles. The Kier molecular flexibility index (Phi) is 6.35. The van der Waals surface area contributed by atoms with Crippen molar-refractivity contribution in [1.82, 2.24) is 29.8 Å². The second kappa shape index (κ2) is 10.1. The van der Waals surface area contributed by atoms with Crippen molar-refractivity contribution >= 4 is 28.4 Å². The molecule has 2 fully saturated rings. The lowest BCUT2D eigenvalue weighted by Gasteiger charge is -2.29. The van der Waals surface area contributed by atoms with Crippen LogP contribution in [0, 0.1) is 5.92 Å². The Morgan fingerprint density at radius 2 is 2.00 bits per heavy atom. The number of aromatic nitrogens is 5. The van der Waals surface area contributed by atoms with Crippen molar-refractivity contribution in [2.45, 2.75) is 19.4 Å². The normalized spacial score (nSPS) is 18.1. The van der Waals surface area contributed by atoms with Crippen LogP contribution in [0.2, 0.25) is 0 Å². The van der Waals surface area contributed by atoms with Crippen LogP contribution in [0.15, 0.2) is 53.7 Å². The highest BCUT2D eigenvalue weighted by atomic mass is 16.5. The molecule has 10 heteroatoms. The van der Waals surface area contributed by atoms with Crippen LogP contribution < -0.4 is 21.1 Å². The first-order valence-electron chi connectivity index (χ1n) is 12.5. The summed E-state index contributed by atoms with van der Waals surface area (Å²) in [5.41, 5.74) is 3.36. The van der Waals surface area contributed by atoms with Gasteiger partial charge < -0.3 is 25.3 Å². The molecule has 3 aromatic heterocycles. The summed E-state index contributed by atoms with van der Waals surface area (Å²) in [5.74, 6) is 1.51. The zero-order valence-electron chi connectivity index (χ0n) is 20.1. The third-order valence-corrected chi connectivity index (χ3v) is 6.88. The van der Waals surface area contributed by atoms with Gasteiger partial charge in [-0.25, -0.2) is 9.97 Å². The molecule has 1 atom stereocenters. The zero-order valence-corrected chi connectivity index (χ0v) is 20.1. The Bertz CT molecular complexity index is 1370. The average molecular weight is 487 g/mol. The number of pyridine rings is 1. The first-order chi connectivity index (χ1) is 17.7. The Hall–Kier alpha value is -3.76. The van der Waals surface area contributed by atoms with Gasteiger partial charge in [-0.2, -0.15) is 4.98 Å². The fourth-order valence-electron chi connectivity index (χ4n) is 4.94. The van der Waals surface area contributed by atoms with Crippen LogP contribution in [0.25, 0.3) is 11.0 Å². The van der Waals surface area contributed by atoms with Crippen molar-refractivity contribution in [3.63, 3.8) is 0 Å². The van der Waals surface area contributed by atoms with Crippen molar-refractivity contribution in [2.24, 2.45) is 5.92 Å². The van der Waals surface area contributed by atoms with Gasteiger partial charge in [0.1, 0.15) is 11.5 Å². The molecule has 0 saturated carbocycles. The molecule has 3 N–H and O–H groups in total. The van der Waals surface area contributed by atoms with Crippen LogP contribution in [0.1, 0.15) is 17.8 Å². The number of aromatic amines is 1. The molecule has 4 aromatic rings. The summed E-state index contributed by atoms with van der Waals surface area (Å²) < 4.78 is 7.36. The van der Waals surface area contributed by atoms with Gasteiger partial charge in [-0.15, -0.1) is 0 Å². The number of anilines is 3. The van der Waals surface area contributed by atoms with E-state index < -0.39 is 0 Å². The molecule has 0 spiro atoms. The van der Waals surface area contributed by atoms with Gasteiger partial charge in [0.2, 0.25) is 5.95 Å². The van der Waals surface area contributed by atoms with Crippen molar-refractivity contribution in [1.29, 1.82) is 0 Å². The Morgan fingerprint density at radius 1 is 1.14 bits per heavy atom. The van der Waals surface area contributed by atoms with Gasteiger partial charge in [-0.3, -0.25) is 9.36 Å². The molecule has 2 saturated heterocycles. The smallest absolute Gasteiger partial charge is 0.255 e. The fraction of sp³-hybridized carbons (Fsp3) is 0.385. The number of hydrogen-bond acceptors (Lipinski definition) is 8. The first-order valence-corrected chi connectivity index (χ1v) is 12.5. The molecule has 10 nitrogen and oxygen atoms in total. The molecule has 2 aliphatic heterocycles. The number of ether oxygens (including phenoxy) is 1. The number of nitrogens with one attached hydrogen (secondary N) is 3. The third kappa shape index (κ3) is 4.82. The molecule has 0 radical (unpaired) electrons. The van der Waals surface area contributed by atoms with Gasteiger partial charge in [-0.1, -0.05) is 0 Å². The summed E-state index contributed by atoms with van der Waals surface area (Å²) in [6, 6.07) is 10.2. The molecule has 36 heavy (non-hydrogen) atoms. The van der Waals surface area contributed by atoms with Crippen LogP contribution in [-0.4, -0.2) is 63.9 Å². The van der Waals surface area contributed by atoms with E-state index in [1.54, 1.807) is 23.2 Å². The lowest BCUT2D eigenvalue weighted by atomic mass is 10.1. The van der Waals surface area contributed by atoms with E-state index in [-0.39, 0.29) is 11.5 Å². The van der Waals surface area contributed by atoms with E-state index in [2.05, 4.69) is 42.6 Å². The maximum absolute atomic E-state index is 13.5. The van der Waals surface area contributed by atoms with Crippen LogP contribution in [0.4, 0.5) is 17.3 Å². The Labute approximate surface area is 208 Å². The highest BCUT2D eigenvalue weighted by Crippen LogP contribution is 2.23. The second-order valence-electron chi connectivity index (χ2n) is 9.41. The molecular formula is C26H30N8O2. The second-order valence-corrected chi connectivity index (χ2v) is 9.41. The summed E-state index contributed by atoms with van der Waals surface area (Å²) in [6.45, 7) is 5.97. The summed E-state index contributed by atoms with van der Waals surface area (Å²) >= 11 is 0. The van der Waals surface area contributed by atoms with Gasteiger partial charge in [0, 0.05) is 92.6 Å². The summed E-state index contributed by atoms with van der Waals surface area (Å²) in [7, 11) is 0. The van der Waals surface area contributed by atoms with E-state index in [4.69, 9.17) is 9.72 Å². The monoisotopic (exact) mass is 486 g/mol. The number of imidazole rings is 1. The first kappa shape index (κ1) is 22.7. The number of piperazine rings is 1. The van der Waals surface area contributed by atoms with Crippen molar-refractivity contribution in [3.05, 3.63) is 70.7 Å². The van der Waals surface area contributed by atoms with E-state index in [0.717, 1.165) is 56.1 Å². The number of benzene rings is 1. The SMILES string of the molecule is O=c1c(Cc2ncc[nH]2)cc2cnc(Nc3ccc(N4CCNCC4)cc3)nc2n1CC1CCOC1. The number of fused-ring (bicyclic) bond motifs is 1. The van der Waals surface area contributed by atoms with Crippen LogP contribution in [0.5, 0.6) is 0 Å². The van der Waals surface area contributed by atoms with Gasteiger partial charge in [0.15, 0.2) is 0 Å². The molecule has 5 heterocycles. The molecular weight excluding hydrogens is 456 g/mol. The predicted octanol–water partition coefficient (Wildman–Crippen LogP) is 2.30. The molecule has 2 aliphatic rings. The minimum absolute atomic E-state index is 0.0455. The van der Waals surface area contributed by atoms with Crippen LogP contribution in [-0.2, 0) is 17.7 Å². The largest absolute Gasteiger partial charge is 0.381 e. The Balaban J connectivity index is 1.30. The maximum Gasteiger partial charge on any atom is 0.255 e. The molecule has 6 rings (SSSR count). The standard InChI is InChI=1S/C26H30N8O2/c35-25-19(14-23-28-6-7-29-23)13-20-15-30-26(32-24(20)34(25)16-18-5-12-36-17-18)31-21-1-3-22(4-2-21)33-10-8-27-9-11-33/h1-4,6-7,13,15,18,27H,5,8-12,14,16-17H2,(H,28,29)(H,30,31,32). The minimum atomic E-state index is -0.0455. The summed E-state index contributed by atoms with van der Waals surface area (Å²) in [4.78, 5) is 32.6. The highest BCUT2D eigenvalue weighted by molar-refractivity contribution is 5.76. The molecule has 0 bridgehead atoms. The summed E-state index contributed by atoms with van der Waals surface area (Å²) in [5, 5.41) is 7.52. The number of H-pyrrole nitrogens is 1. The quantitative estimate of drug-likeness (QED) is 0.365. The zero-order chi connectivity index (χ0) is 24.3. The van der Waals surface area contributed by atoms with Gasteiger partial charge in [0.05, 0.1) is 6.61 Å². The van der Waals surface area contributed by atoms with E-state index in [1.165, 1.54) is 5.69 Å². The van der Waals surface area contributed by atoms with Gasteiger partial charge in [0.25, 0.3) is 5.56 Å². The Morgan fingerprint density at radius 3 is 2.75 bits per heavy atom. The van der Waals surface area contributed by atoms with E-state index in [9.17, 15) is 4.79 Å². The van der Waals surface area contributed by atoms with E-state index >= 15 is 0 Å². The molecule has 0 aliphatic carbocycles. The number of hydrogen-bond donors (Lipinski definition) is 3. The number of nitrogens with zero attached hydrogens (tertiary/aromatic N) is 5. The molecule has 0 amide bonds. The van der Waals surface area contributed by atoms with Crippen molar-refractivity contribution in [3.8, 4) is 0 Å². The molecule has 1 unspecified atom stereocenters. The van der Waals surface area contributed by atoms with Crippen molar-refractivity contribution in [2.75, 3.05) is 49.6 Å². The lowest BCUT2D eigenvalue weighted by molar-refractivity contribution is 0.182. The summed E-state index contributed by atoms with van der Waals surface area (Å²) in [6.07, 6.45) is 6.62. The van der Waals surface area contributed by atoms with E-state index in [0.29, 0.717) is 36.7 Å². The van der Waals surface area contributed by atoms with Crippen molar-refractivity contribution < 1.29 is 4.74 Å². The lowest BCUT2D eigenvalue weighted by Crippen LogP contribution is -2.43. The highest BCUT2D eigenvalue weighted by Gasteiger charge is 2.20. The number of rotatable bonds is 7. The third-order valence-electron chi connectivity index (χ3n) is 6.88. The minimum Gasteiger partial charge on any atom is -0.381 e. The topological polar surface area (TPSA) is 113 Å². The van der Waals surface area contributed by atoms with Gasteiger partial charge >= 0.3 is 0 Å². The van der Waals surface area contributed by atoms with Crippen LogP contribution in [0.3, 0.4) is 0 Å². The van der Waals surface area contributed by atoms with Crippen LogP contribution >= 0.6 is 0 Å². The predicted molar refractivity (Wildman–Crippen MR) is 139 cm³/mol. The fourth-order valence-corrected chi connectivity index (χ4v) is 4.94. The van der Waals surface area contributed by atoms with Gasteiger partial charge in [-0.05, 0) is 36.8 Å². The molecule has 186 valence electrons. The van der Waals surface area contributed by atoms with E-state index in [1.807, 2.05) is 18.2 Å². The maximum atomic E-state index is 13.5.